The fraction of sp³-hybridized carbons (Fsp3) is 0.273. The first-order chi connectivity index (χ1) is 7.16. The molecule has 2 aromatic heterocycles. The molecule has 0 fully saturated rings. The molecule has 4 heteroatoms. The Bertz CT molecular complexity index is 462. The third-order valence-electron chi connectivity index (χ3n) is 2.14. The minimum atomic E-state index is 0.380. The van der Waals surface area contributed by atoms with E-state index in [-0.39, 0.29) is 0 Å². The highest BCUT2D eigenvalue weighted by atomic mass is 79.9. The molecule has 0 saturated carbocycles. The molecule has 0 spiro atoms. The second kappa shape index (κ2) is 4.14. The Hall–Kier alpha value is -1.16. The van der Waals surface area contributed by atoms with Crippen LogP contribution in [0.3, 0.4) is 0 Å². The van der Waals surface area contributed by atoms with E-state index in [1.54, 1.807) is 0 Å². The molecule has 0 aromatic carbocycles. The summed E-state index contributed by atoms with van der Waals surface area (Å²) < 4.78 is 2.77. The zero-order valence-corrected chi connectivity index (χ0v) is 10.3. The molecule has 0 radical (unpaired) electrons. The Morgan fingerprint density at radius 2 is 2.13 bits per heavy atom. The standard InChI is InChI=1S/C11H12BrN3/c1-8(2)15-7-9(6-13-15)10-4-3-5-11(12)14-10/h3-8H,1-2H3. The molecule has 0 amide bonds. The van der Waals surface area contributed by atoms with E-state index in [0.29, 0.717) is 6.04 Å². The van der Waals surface area contributed by atoms with Crippen LogP contribution in [0.1, 0.15) is 19.9 Å². The van der Waals surface area contributed by atoms with Crippen molar-refractivity contribution in [2.45, 2.75) is 19.9 Å². The van der Waals surface area contributed by atoms with E-state index in [1.165, 1.54) is 0 Å². The highest BCUT2D eigenvalue weighted by molar-refractivity contribution is 9.10. The van der Waals surface area contributed by atoms with Crippen LogP contribution in [0.5, 0.6) is 0 Å². The van der Waals surface area contributed by atoms with Crippen LogP contribution in [-0.2, 0) is 0 Å². The van der Waals surface area contributed by atoms with Gasteiger partial charge in [-0.15, -0.1) is 0 Å². The lowest BCUT2D eigenvalue weighted by Crippen LogP contribution is -1.99. The molecule has 15 heavy (non-hydrogen) atoms. The van der Waals surface area contributed by atoms with Crippen LogP contribution < -0.4 is 0 Å². The minimum Gasteiger partial charge on any atom is -0.270 e. The van der Waals surface area contributed by atoms with Crippen molar-refractivity contribution in [3.63, 3.8) is 0 Å². The first kappa shape index (κ1) is 10.4. The van der Waals surface area contributed by atoms with Gasteiger partial charge in [0.25, 0.3) is 0 Å². The third-order valence-corrected chi connectivity index (χ3v) is 2.58. The molecule has 0 aliphatic rings. The Kier molecular flexibility index (Phi) is 2.86. The average molecular weight is 266 g/mol. The van der Waals surface area contributed by atoms with Crippen molar-refractivity contribution in [2.75, 3.05) is 0 Å². The normalized spacial score (nSPS) is 10.9. The number of hydrogen-bond acceptors (Lipinski definition) is 2. The van der Waals surface area contributed by atoms with E-state index >= 15 is 0 Å². The zero-order valence-electron chi connectivity index (χ0n) is 8.68. The number of rotatable bonds is 2. The molecule has 0 unspecified atom stereocenters. The van der Waals surface area contributed by atoms with Gasteiger partial charge in [0.05, 0.1) is 11.9 Å². The Labute approximate surface area is 97.3 Å². The summed E-state index contributed by atoms with van der Waals surface area (Å²) in [6.07, 6.45) is 3.86. The summed E-state index contributed by atoms with van der Waals surface area (Å²) in [4.78, 5) is 4.38. The van der Waals surface area contributed by atoms with E-state index in [0.717, 1.165) is 15.9 Å². The lowest BCUT2D eigenvalue weighted by Gasteiger charge is -2.03. The monoisotopic (exact) mass is 265 g/mol. The summed E-state index contributed by atoms with van der Waals surface area (Å²) in [7, 11) is 0. The van der Waals surface area contributed by atoms with Crippen LogP contribution in [0.25, 0.3) is 11.3 Å². The van der Waals surface area contributed by atoms with Gasteiger partial charge in [0.2, 0.25) is 0 Å². The molecular weight excluding hydrogens is 254 g/mol. The second-order valence-corrected chi connectivity index (χ2v) is 4.46. The van der Waals surface area contributed by atoms with Gasteiger partial charge >= 0.3 is 0 Å². The van der Waals surface area contributed by atoms with Crippen LogP contribution in [0.4, 0.5) is 0 Å². The number of pyridine rings is 1. The van der Waals surface area contributed by atoms with Gasteiger partial charge in [-0.25, -0.2) is 4.98 Å². The molecule has 0 N–H and O–H groups in total. The van der Waals surface area contributed by atoms with E-state index in [1.807, 2.05) is 35.3 Å². The number of halogens is 1. The fourth-order valence-electron chi connectivity index (χ4n) is 1.32. The molecule has 0 bridgehead atoms. The van der Waals surface area contributed by atoms with Gasteiger partial charge in [-0.2, -0.15) is 5.10 Å². The smallest absolute Gasteiger partial charge is 0.106 e. The van der Waals surface area contributed by atoms with Crippen molar-refractivity contribution in [2.24, 2.45) is 0 Å². The quantitative estimate of drug-likeness (QED) is 0.781. The van der Waals surface area contributed by atoms with Crippen molar-refractivity contribution in [1.82, 2.24) is 14.8 Å². The molecule has 0 aliphatic heterocycles. The highest BCUT2D eigenvalue weighted by Crippen LogP contribution is 2.19. The Morgan fingerprint density at radius 3 is 2.73 bits per heavy atom. The minimum absolute atomic E-state index is 0.380. The van der Waals surface area contributed by atoms with Crippen LogP contribution in [-0.4, -0.2) is 14.8 Å². The summed E-state index contributed by atoms with van der Waals surface area (Å²) in [5, 5.41) is 4.28. The molecule has 2 aromatic rings. The molecular formula is C11H12BrN3. The molecule has 0 saturated heterocycles. The topological polar surface area (TPSA) is 30.7 Å². The van der Waals surface area contributed by atoms with E-state index in [2.05, 4.69) is 39.9 Å². The highest BCUT2D eigenvalue weighted by Gasteiger charge is 2.05. The molecule has 3 nitrogen and oxygen atoms in total. The molecule has 78 valence electrons. The van der Waals surface area contributed by atoms with Gasteiger partial charge in [0.1, 0.15) is 4.60 Å². The molecule has 2 heterocycles. The Morgan fingerprint density at radius 1 is 1.33 bits per heavy atom. The van der Waals surface area contributed by atoms with Crippen LogP contribution in [0.2, 0.25) is 0 Å². The maximum atomic E-state index is 4.38. The maximum absolute atomic E-state index is 4.38. The van der Waals surface area contributed by atoms with E-state index in [4.69, 9.17) is 0 Å². The summed E-state index contributed by atoms with van der Waals surface area (Å²) in [6.45, 7) is 4.20. The molecule has 0 atom stereocenters. The SMILES string of the molecule is CC(C)n1cc(-c2cccc(Br)n2)cn1. The van der Waals surface area contributed by atoms with Gasteiger partial charge in [-0.1, -0.05) is 6.07 Å². The van der Waals surface area contributed by atoms with Crippen molar-refractivity contribution >= 4 is 15.9 Å². The van der Waals surface area contributed by atoms with E-state index < -0.39 is 0 Å². The predicted molar refractivity (Wildman–Crippen MR) is 63.5 cm³/mol. The van der Waals surface area contributed by atoms with Crippen molar-refractivity contribution < 1.29 is 0 Å². The predicted octanol–water partition coefficient (Wildman–Crippen LogP) is 3.29. The first-order valence-corrected chi connectivity index (χ1v) is 5.63. The second-order valence-electron chi connectivity index (χ2n) is 3.65. The van der Waals surface area contributed by atoms with Crippen molar-refractivity contribution in [3.05, 3.63) is 35.2 Å². The van der Waals surface area contributed by atoms with Gasteiger partial charge in [-0.3, -0.25) is 4.68 Å². The third kappa shape index (κ3) is 2.26. The van der Waals surface area contributed by atoms with E-state index in [9.17, 15) is 0 Å². The van der Waals surface area contributed by atoms with Gasteiger partial charge in [0, 0.05) is 17.8 Å². The summed E-state index contributed by atoms with van der Waals surface area (Å²) in [6, 6.07) is 6.24. The number of nitrogens with zero attached hydrogens (tertiary/aromatic N) is 3. The summed E-state index contributed by atoms with van der Waals surface area (Å²) >= 11 is 3.36. The molecule has 2 rings (SSSR count). The van der Waals surface area contributed by atoms with Gasteiger partial charge in [-0.05, 0) is 41.9 Å². The van der Waals surface area contributed by atoms with Crippen LogP contribution in [0.15, 0.2) is 35.2 Å². The lowest BCUT2D eigenvalue weighted by atomic mass is 10.2. The lowest BCUT2D eigenvalue weighted by molar-refractivity contribution is 0.532. The largest absolute Gasteiger partial charge is 0.270 e. The van der Waals surface area contributed by atoms with Crippen molar-refractivity contribution in [1.29, 1.82) is 0 Å². The van der Waals surface area contributed by atoms with Gasteiger partial charge < -0.3 is 0 Å². The molecule has 0 aliphatic carbocycles. The summed E-state index contributed by atoms with van der Waals surface area (Å²) in [5.74, 6) is 0. The number of hydrogen-bond donors (Lipinski definition) is 0. The van der Waals surface area contributed by atoms with Crippen LogP contribution >= 0.6 is 15.9 Å². The Balaban J connectivity index is 2.37. The van der Waals surface area contributed by atoms with Crippen molar-refractivity contribution in [3.8, 4) is 11.3 Å². The average Bonchev–Trinajstić information content (AvgIpc) is 2.66. The first-order valence-electron chi connectivity index (χ1n) is 4.84. The maximum Gasteiger partial charge on any atom is 0.106 e. The van der Waals surface area contributed by atoms with Crippen LogP contribution in [0, 0.1) is 0 Å². The van der Waals surface area contributed by atoms with Gasteiger partial charge in [0.15, 0.2) is 0 Å². The zero-order chi connectivity index (χ0) is 10.8. The number of aromatic nitrogens is 3. The fourth-order valence-corrected chi connectivity index (χ4v) is 1.67. The summed E-state index contributed by atoms with van der Waals surface area (Å²) in [5.41, 5.74) is 1.99.